The van der Waals surface area contributed by atoms with Crippen molar-refractivity contribution in [3.8, 4) is 0 Å². The van der Waals surface area contributed by atoms with E-state index in [2.05, 4.69) is 15.0 Å². The van der Waals surface area contributed by atoms with Gasteiger partial charge in [-0.2, -0.15) is 9.97 Å². The molecule has 0 saturated carbocycles. The molecule has 14 nitrogen and oxygen atoms in total. The molecule has 0 spiro atoms. The smallest absolute Gasteiger partial charge is 0.365 e. The van der Waals surface area contributed by atoms with Crippen molar-refractivity contribution < 1.29 is 43.9 Å². The van der Waals surface area contributed by atoms with Gasteiger partial charge in [-0.3, -0.25) is 9.13 Å². The largest absolute Gasteiger partial charge is 0.479 e. The predicted molar refractivity (Wildman–Crippen MR) is 90.1 cm³/mol. The Morgan fingerprint density at radius 1 is 1.39 bits per heavy atom. The van der Waals surface area contributed by atoms with E-state index >= 15 is 0 Å². The lowest BCUT2D eigenvalue weighted by Gasteiger charge is -2.19. The van der Waals surface area contributed by atoms with Crippen molar-refractivity contribution in [3.63, 3.8) is 0 Å². The molecule has 16 heteroatoms. The van der Waals surface area contributed by atoms with Crippen LogP contribution in [0.1, 0.15) is 6.23 Å². The van der Waals surface area contributed by atoms with Gasteiger partial charge in [0, 0.05) is 0 Å². The van der Waals surface area contributed by atoms with Gasteiger partial charge in [0.2, 0.25) is 5.28 Å². The highest BCUT2D eigenvalue weighted by Crippen LogP contribution is 2.42. The number of aliphatic hydroxyl groups excluding tert-OH is 2. The van der Waals surface area contributed by atoms with Gasteiger partial charge in [-0.1, -0.05) is 0 Å². The summed E-state index contributed by atoms with van der Waals surface area (Å²) >= 11 is 5.76. The fourth-order valence-electron chi connectivity index (χ4n) is 2.69. The highest BCUT2D eigenvalue weighted by molar-refractivity contribution is 7.53. The Morgan fingerprint density at radius 3 is 2.68 bits per heavy atom. The quantitative estimate of drug-likeness (QED) is 0.218. The van der Waals surface area contributed by atoms with Gasteiger partial charge in [0.15, 0.2) is 17.7 Å². The van der Waals surface area contributed by atoms with Crippen LogP contribution < -0.4 is 5.73 Å². The number of carboxylic acid groups (broad SMARTS) is 1. The van der Waals surface area contributed by atoms with Crippen LogP contribution in [0.3, 0.4) is 0 Å². The Kier molecular flexibility index (Phi) is 5.58. The molecule has 1 aliphatic rings. The zero-order valence-electron chi connectivity index (χ0n) is 13.7. The zero-order chi connectivity index (χ0) is 20.8. The van der Waals surface area contributed by atoms with E-state index in [9.17, 15) is 19.6 Å². The van der Waals surface area contributed by atoms with Crippen molar-refractivity contribution in [1.29, 1.82) is 0 Å². The number of fused-ring (bicyclic) bond motifs is 1. The molecule has 1 aliphatic heterocycles. The number of rotatable bonds is 6. The summed E-state index contributed by atoms with van der Waals surface area (Å²) in [6.07, 6.45) is -4.42. The van der Waals surface area contributed by atoms with Crippen molar-refractivity contribution in [2.24, 2.45) is 0 Å². The number of aromatic nitrogens is 4. The molecule has 0 radical (unpaired) electrons. The van der Waals surface area contributed by atoms with Crippen molar-refractivity contribution in [2.45, 2.75) is 30.4 Å². The van der Waals surface area contributed by atoms with Gasteiger partial charge in [0.25, 0.3) is 5.85 Å². The number of imidazole rings is 1. The second-order valence-corrected chi connectivity index (χ2v) is 7.85. The fraction of sp³-hybridized carbons (Fsp3) is 0.500. The maximum atomic E-state index is 11.2. The Morgan fingerprint density at radius 2 is 2.07 bits per heavy atom. The molecule has 7 N–H and O–H groups in total. The van der Waals surface area contributed by atoms with E-state index in [4.69, 9.17) is 41.7 Å². The van der Waals surface area contributed by atoms with Crippen molar-refractivity contribution in [3.05, 3.63) is 11.6 Å². The van der Waals surface area contributed by atoms with Crippen molar-refractivity contribution in [2.75, 3.05) is 12.3 Å². The molecule has 0 aliphatic carbocycles. The number of hydrogen-bond acceptors (Lipinski definition) is 10. The molecule has 3 heterocycles. The van der Waals surface area contributed by atoms with Gasteiger partial charge < -0.3 is 40.3 Å². The number of nitrogens with zero attached hydrogens (tertiary/aromatic N) is 4. The third kappa shape index (κ3) is 3.81. The van der Waals surface area contributed by atoms with E-state index in [1.54, 1.807) is 0 Å². The van der Waals surface area contributed by atoms with Gasteiger partial charge in [0.1, 0.15) is 23.8 Å². The minimum atomic E-state index is -5.11. The summed E-state index contributed by atoms with van der Waals surface area (Å²) in [6.45, 7) is -0.721. The number of nitrogen functional groups attached to an aromatic ring is 1. The molecule has 2 aromatic heterocycles. The molecular formula is C12H15ClN5O9P. The first-order chi connectivity index (χ1) is 13.0. The van der Waals surface area contributed by atoms with Crippen LogP contribution in [-0.2, 0) is 18.8 Å². The molecule has 3 rings (SSSR count). The van der Waals surface area contributed by atoms with E-state index in [1.807, 2.05) is 0 Å². The lowest BCUT2D eigenvalue weighted by molar-refractivity contribution is -0.149. The number of aliphatic hydroxyl groups is 2. The Bertz CT molecular complexity index is 951. The lowest BCUT2D eigenvalue weighted by Crippen LogP contribution is -2.36. The molecule has 2 aromatic rings. The average molecular weight is 440 g/mol. The summed E-state index contributed by atoms with van der Waals surface area (Å²) in [7, 11) is -5.11. The highest BCUT2D eigenvalue weighted by atomic mass is 35.5. The van der Waals surface area contributed by atoms with Crippen LogP contribution in [0.25, 0.3) is 11.2 Å². The number of carboxylic acids is 1. The second-order valence-electron chi connectivity index (χ2n) is 5.86. The monoisotopic (exact) mass is 439 g/mol. The van der Waals surface area contributed by atoms with Gasteiger partial charge >= 0.3 is 13.6 Å². The van der Waals surface area contributed by atoms with Crippen molar-refractivity contribution >= 4 is 42.1 Å². The summed E-state index contributed by atoms with van der Waals surface area (Å²) in [5.41, 5.74) is 5.97. The number of hydrogen-bond donors (Lipinski definition) is 6. The van der Waals surface area contributed by atoms with Crippen LogP contribution in [0.4, 0.5) is 5.82 Å². The van der Waals surface area contributed by atoms with Crippen LogP contribution in [0.15, 0.2) is 6.33 Å². The Balaban J connectivity index is 1.81. The predicted octanol–water partition coefficient (Wildman–Crippen LogP) is -1.71. The lowest BCUT2D eigenvalue weighted by atomic mass is 10.1. The van der Waals surface area contributed by atoms with E-state index in [1.165, 1.54) is 10.9 Å². The van der Waals surface area contributed by atoms with Crippen LogP contribution in [0, 0.1) is 0 Å². The maximum Gasteiger partial charge on any atom is 0.365 e. The summed E-state index contributed by atoms with van der Waals surface area (Å²) in [6, 6.07) is 0. The summed E-state index contributed by atoms with van der Waals surface area (Å²) in [5.74, 6) is -4.35. The van der Waals surface area contributed by atoms with Crippen molar-refractivity contribution in [1.82, 2.24) is 19.5 Å². The zero-order valence-corrected chi connectivity index (χ0v) is 15.4. The van der Waals surface area contributed by atoms with E-state index in [0.717, 1.165) is 0 Å². The molecule has 1 saturated heterocycles. The molecular weight excluding hydrogens is 425 g/mol. The molecule has 0 bridgehead atoms. The Hall–Kier alpha value is -1.90. The van der Waals surface area contributed by atoms with Gasteiger partial charge in [0.05, 0.1) is 12.9 Å². The van der Waals surface area contributed by atoms with E-state index in [0.29, 0.717) is 0 Å². The van der Waals surface area contributed by atoms with Gasteiger partial charge in [-0.25, -0.2) is 9.78 Å². The second kappa shape index (κ2) is 7.50. The van der Waals surface area contributed by atoms with Crippen LogP contribution in [-0.4, -0.2) is 81.4 Å². The standard InChI is InChI=1S/C12H15ClN5O9P/c13-12-16-7(14)4-8(17-12)18(2-15-4)9-6(20)5(19)3(27-9)1-26-11(10(21)22)28(23,24)25/h2-3,5-6,9,11,19-20H,1H2,(H,21,22)(H2,14,16,17)(H2,23,24,25)/t3-,5-,6-,9-,11-/m1/s1. The number of aliphatic carboxylic acids is 1. The number of carbonyl (C=O) groups is 1. The highest BCUT2D eigenvalue weighted by Gasteiger charge is 2.46. The summed E-state index contributed by atoms with van der Waals surface area (Å²) in [4.78, 5) is 40.6. The fourth-order valence-corrected chi connectivity index (χ4v) is 3.43. The molecule has 0 aromatic carbocycles. The maximum absolute atomic E-state index is 11.2. The minimum Gasteiger partial charge on any atom is -0.479 e. The van der Waals surface area contributed by atoms with E-state index < -0.39 is 50.6 Å². The van der Waals surface area contributed by atoms with Gasteiger partial charge in [-0.05, 0) is 11.6 Å². The molecule has 0 unspecified atom stereocenters. The average Bonchev–Trinajstić information content (AvgIpc) is 3.09. The van der Waals surface area contributed by atoms with Crippen LogP contribution in [0.2, 0.25) is 5.28 Å². The number of anilines is 1. The number of ether oxygens (including phenoxy) is 2. The summed E-state index contributed by atoms with van der Waals surface area (Å²) < 4.78 is 22.6. The van der Waals surface area contributed by atoms with Crippen LogP contribution in [0.5, 0.6) is 0 Å². The number of halogens is 1. The molecule has 1 fully saturated rings. The number of nitrogens with two attached hydrogens (primary N) is 1. The topological polar surface area (TPSA) is 223 Å². The Labute approximate surface area is 160 Å². The first-order valence-corrected chi connectivity index (χ1v) is 9.63. The first kappa shape index (κ1) is 20.8. The van der Waals surface area contributed by atoms with Crippen LogP contribution >= 0.6 is 19.2 Å². The molecule has 0 amide bonds. The van der Waals surface area contributed by atoms with E-state index in [-0.39, 0.29) is 22.3 Å². The summed E-state index contributed by atoms with van der Waals surface area (Å²) in [5, 5.41) is 29.1. The van der Waals surface area contributed by atoms with Gasteiger partial charge in [-0.15, -0.1) is 0 Å². The SMILES string of the molecule is Nc1nc(Cl)nc2c1ncn2[C@@H]1O[C@H](CO[C@@H](C(=O)O)P(=O)(O)O)[C@@H](O)[C@H]1O. The minimum absolute atomic E-state index is 0.0207. The molecule has 28 heavy (non-hydrogen) atoms. The molecule has 154 valence electrons. The molecule has 5 atom stereocenters. The first-order valence-electron chi connectivity index (χ1n) is 7.57. The third-order valence-corrected chi connectivity index (χ3v) is 5.12. The normalized spacial score (nSPS) is 26.6. The third-order valence-electron chi connectivity index (χ3n) is 3.97.